The standard InChI is InChI=1S/C14H20N2O5Si/c1-22(2,3)5-4-9-7-16(14(20)15-13(9)19)12-6-10(18)11(8-17)21-12/h7,10-12,17-18H,6,8H2,1-3H3,(H,15,19,20)/t10?,11-,12-/m1/s1. The van der Waals surface area contributed by atoms with E-state index in [1.54, 1.807) is 0 Å². The van der Waals surface area contributed by atoms with Gasteiger partial charge in [-0.3, -0.25) is 14.3 Å². The first-order chi connectivity index (χ1) is 10.2. The Morgan fingerprint density at radius 1 is 1.45 bits per heavy atom. The molecular weight excluding hydrogens is 304 g/mol. The second kappa shape index (κ2) is 6.22. The van der Waals surface area contributed by atoms with Crippen LogP contribution in [0.5, 0.6) is 0 Å². The molecular formula is C14H20N2O5Si. The van der Waals surface area contributed by atoms with Crippen molar-refractivity contribution in [3.63, 3.8) is 0 Å². The van der Waals surface area contributed by atoms with Gasteiger partial charge in [-0.15, -0.1) is 5.54 Å². The van der Waals surface area contributed by atoms with Crippen LogP contribution in [0.25, 0.3) is 0 Å². The van der Waals surface area contributed by atoms with E-state index in [0.717, 1.165) is 0 Å². The minimum Gasteiger partial charge on any atom is -0.394 e. The highest BCUT2D eigenvalue weighted by molar-refractivity contribution is 6.83. The summed E-state index contributed by atoms with van der Waals surface area (Å²) in [7, 11) is -1.66. The van der Waals surface area contributed by atoms with Gasteiger partial charge >= 0.3 is 5.69 Å². The van der Waals surface area contributed by atoms with Crippen molar-refractivity contribution in [2.75, 3.05) is 6.61 Å². The first-order valence-corrected chi connectivity index (χ1v) is 10.5. The number of aromatic amines is 1. The zero-order valence-corrected chi connectivity index (χ0v) is 13.8. The van der Waals surface area contributed by atoms with Crippen LogP contribution in [-0.2, 0) is 4.74 Å². The van der Waals surface area contributed by atoms with E-state index in [-0.39, 0.29) is 18.6 Å². The molecule has 2 rings (SSSR count). The van der Waals surface area contributed by atoms with E-state index >= 15 is 0 Å². The maximum absolute atomic E-state index is 11.9. The van der Waals surface area contributed by atoms with Gasteiger partial charge < -0.3 is 14.9 Å². The molecule has 3 atom stereocenters. The fourth-order valence-corrected chi connectivity index (χ4v) is 2.60. The van der Waals surface area contributed by atoms with Crippen molar-refractivity contribution in [1.82, 2.24) is 9.55 Å². The maximum atomic E-state index is 11.9. The number of hydrogen-bond acceptors (Lipinski definition) is 5. The van der Waals surface area contributed by atoms with Crippen molar-refractivity contribution in [3.05, 3.63) is 32.6 Å². The molecule has 0 bridgehead atoms. The molecule has 1 aliphatic rings. The largest absolute Gasteiger partial charge is 0.394 e. The molecule has 0 saturated carbocycles. The quantitative estimate of drug-likeness (QED) is 0.498. The number of rotatable bonds is 2. The minimum atomic E-state index is -1.66. The van der Waals surface area contributed by atoms with Gasteiger partial charge in [-0.25, -0.2) is 4.79 Å². The second-order valence-electron chi connectivity index (χ2n) is 6.32. The number of aliphatic hydroxyl groups is 2. The van der Waals surface area contributed by atoms with Crippen LogP contribution in [0.2, 0.25) is 19.6 Å². The third-order valence-electron chi connectivity index (χ3n) is 3.23. The van der Waals surface area contributed by atoms with E-state index < -0.39 is 37.8 Å². The van der Waals surface area contributed by atoms with Gasteiger partial charge in [0.1, 0.15) is 26.0 Å². The van der Waals surface area contributed by atoms with Crippen LogP contribution in [0, 0.1) is 11.5 Å². The van der Waals surface area contributed by atoms with Gasteiger partial charge in [0.15, 0.2) is 0 Å². The molecule has 7 nitrogen and oxygen atoms in total. The van der Waals surface area contributed by atoms with Crippen LogP contribution in [0.4, 0.5) is 0 Å². The first-order valence-electron chi connectivity index (χ1n) is 7.04. The number of nitrogens with zero attached hydrogens (tertiary/aromatic N) is 1. The maximum Gasteiger partial charge on any atom is 0.330 e. The summed E-state index contributed by atoms with van der Waals surface area (Å²) in [5.74, 6) is 2.82. The summed E-state index contributed by atoms with van der Waals surface area (Å²) < 4.78 is 6.63. The van der Waals surface area contributed by atoms with Crippen molar-refractivity contribution in [3.8, 4) is 11.5 Å². The fraction of sp³-hybridized carbons (Fsp3) is 0.571. The summed E-state index contributed by atoms with van der Waals surface area (Å²) in [5, 5.41) is 18.8. The molecule has 0 spiro atoms. The Balaban J connectivity index is 2.39. The summed E-state index contributed by atoms with van der Waals surface area (Å²) in [4.78, 5) is 26.0. The number of hydrogen-bond donors (Lipinski definition) is 3. The van der Waals surface area contributed by atoms with Crippen LogP contribution in [0.1, 0.15) is 18.2 Å². The van der Waals surface area contributed by atoms with Crippen LogP contribution < -0.4 is 11.2 Å². The molecule has 1 unspecified atom stereocenters. The molecule has 0 aromatic carbocycles. The van der Waals surface area contributed by atoms with E-state index in [4.69, 9.17) is 9.84 Å². The predicted octanol–water partition coefficient (Wildman–Crippen LogP) is -0.594. The molecule has 22 heavy (non-hydrogen) atoms. The van der Waals surface area contributed by atoms with Crippen molar-refractivity contribution in [1.29, 1.82) is 0 Å². The topological polar surface area (TPSA) is 105 Å². The number of aromatic nitrogens is 2. The number of aliphatic hydroxyl groups excluding tert-OH is 2. The van der Waals surface area contributed by atoms with Crippen LogP contribution in [0.15, 0.2) is 15.8 Å². The van der Waals surface area contributed by atoms with Gasteiger partial charge in [-0.05, 0) is 0 Å². The average Bonchev–Trinajstić information content (AvgIpc) is 2.77. The molecule has 1 fully saturated rings. The van der Waals surface area contributed by atoms with E-state index in [1.165, 1.54) is 10.8 Å². The van der Waals surface area contributed by atoms with E-state index in [2.05, 4.69) is 16.4 Å². The zero-order valence-electron chi connectivity index (χ0n) is 12.8. The first kappa shape index (κ1) is 16.7. The van der Waals surface area contributed by atoms with E-state index in [9.17, 15) is 14.7 Å². The van der Waals surface area contributed by atoms with E-state index in [0.29, 0.717) is 0 Å². The highest BCUT2D eigenvalue weighted by atomic mass is 28.3. The van der Waals surface area contributed by atoms with Gasteiger partial charge in [0.05, 0.1) is 12.7 Å². The third-order valence-corrected chi connectivity index (χ3v) is 4.11. The molecule has 1 aromatic rings. The highest BCUT2D eigenvalue weighted by Crippen LogP contribution is 2.27. The Morgan fingerprint density at radius 2 is 2.14 bits per heavy atom. The molecule has 1 saturated heterocycles. The van der Waals surface area contributed by atoms with Gasteiger partial charge in [0.25, 0.3) is 5.56 Å². The fourth-order valence-electron chi connectivity index (χ4n) is 2.09. The molecule has 0 radical (unpaired) electrons. The summed E-state index contributed by atoms with van der Waals surface area (Å²) >= 11 is 0. The van der Waals surface area contributed by atoms with Gasteiger partial charge in [-0.2, -0.15) is 0 Å². The molecule has 2 heterocycles. The average molecular weight is 324 g/mol. The summed E-state index contributed by atoms with van der Waals surface area (Å²) in [6.45, 7) is 5.81. The summed E-state index contributed by atoms with van der Waals surface area (Å²) in [5.41, 5.74) is 2.09. The lowest BCUT2D eigenvalue weighted by atomic mass is 10.2. The number of H-pyrrole nitrogens is 1. The monoisotopic (exact) mass is 324 g/mol. The molecule has 3 N–H and O–H groups in total. The second-order valence-corrected chi connectivity index (χ2v) is 11.1. The molecule has 1 aromatic heterocycles. The molecule has 8 heteroatoms. The lowest BCUT2D eigenvalue weighted by Crippen LogP contribution is -2.34. The van der Waals surface area contributed by atoms with Crippen LogP contribution >= 0.6 is 0 Å². The van der Waals surface area contributed by atoms with Gasteiger partial charge in [0.2, 0.25) is 0 Å². The smallest absolute Gasteiger partial charge is 0.330 e. The van der Waals surface area contributed by atoms with Crippen molar-refractivity contribution in [2.45, 2.75) is 44.5 Å². The lowest BCUT2D eigenvalue weighted by Gasteiger charge is -2.14. The normalized spacial score (nSPS) is 24.9. The summed E-state index contributed by atoms with van der Waals surface area (Å²) in [6, 6.07) is 0. The SMILES string of the molecule is C[Si](C)(C)C#Cc1cn([C@H]2CC(O)[C@@H](CO)O2)c(=O)[nH]c1=O. The Kier molecular flexibility index (Phi) is 4.72. The van der Waals surface area contributed by atoms with Crippen molar-refractivity contribution < 1.29 is 14.9 Å². The Morgan fingerprint density at radius 3 is 2.68 bits per heavy atom. The van der Waals surface area contributed by atoms with Gasteiger partial charge in [0, 0.05) is 12.6 Å². The Hall–Kier alpha value is -1.66. The molecule has 0 aliphatic carbocycles. The number of nitrogens with one attached hydrogen (secondary N) is 1. The van der Waals surface area contributed by atoms with Crippen LogP contribution in [0.3, 0.4) is 0 Å². The number of ether oxygens (including phenoxy) is 1. The van der Waals surface area contributed by atoms with Crippen molar-refractivity contribution in [2.24, 2.45) is 0 Å². The molecule has 0 amide bonds. The van der Waals surface area contributed by atoms with Gasteiger partial charge in [-0.1, -0.05) is 25.6 Å². The minimum absolute atomic E-state index is 0.165. The molecule has 120 valence electrons. The molecule has 1 aliphatic heterocycles. The van der Waals surface area contributed by atoms with Crippen LogP contribution in [-0.4, -0.2) is 46.7 Å². The Bertz CT molecular complexity index is 722. The zero-order chi connectivity index (χ0) is 16.5. The van der Waals surface area contributed by atoms with E-state index in [1.807, 2.05) is 19.6 Å². The lowest BCUT2D eigenvalue weighted by molar-refractivity contribution is -0.0459. The predicted molar refractivity (Wildman–Crippen MR) is 83.2 cm³/mol. The Labute approximate surface area is 128 Å². The van der Waals surface area contributed by atoms with Crippen molar-refractivity contribution >= 4 is 8.07 Å². The highest BCUT2D eigenvalue weighted by Gasteiger charge is 2.35. The summed E-state index contributed by atoms with van der Waals surface area (Å²) in [6.07, 6.45) is -0.807. The third kappa shape index (κ3) is 3.75.